The standard InChI is InChI=1S/C9H18O3/c1-8(10)6-5-7-9(2,11-3)12-4/h5-6,8,10H,7H2,1-4H3. The van der Waals surface area contributed by atoms with Gasteiger partial charge in [0.05, 0.1) is 6.10 Å². The van der Waals surface area contributed by atoms with E-state index in [4.69, 9.17) is 14.6 Å². The summed E-state index contributed by atoms with van der Waals surface area (Å²) in [5, 5.41) is 8.93. The summed E-state index contributed by atoms with van der Waals surface area (Å²) in [5.74, 6) is -0.578. The van der Waals surface area contributed by atoms with Gasteiger partial charge in [0.2, 0.25) is 0 Å². The van der Waals surface area contributed by atoms with Crippen LogP contribution in [0.5, 0.6) is 0 Å². The van der Waals surface area contributed by atoms with Crippen LogP contribution in [-0.4, -0.2) is 31.2 Å². The zero-order chi connectivity index (χ0) is 9.61. The van der Waals surface area contributed by atoms with E-state index in [2.05, 4.69) is 0 Å². The van der Waals surface area contributed by atoms with Crippen molar-refractivity contribution in [2.24, 2.45) is 0 Å². The second-order valence-corrected chi connectivity index (χ2v) is 2.91. The maximum absolute atomic E-state index is 8.93. The van der Waals surface area contributed by atoms with Crippen molar-refractivity contribution < 1.29 is 14.6 Å². The van der Waals surface area contributed by atoms with Crippen molar-refractivity contribution in [3.63, 3.8) is 0 Å². The Hall–Kier alpha value is -0.380. The molecule has 0 heterocycles. The van der Waals surface area contributed by atoms with Crippen molar-refractivity contribution in [2.75, 3.05) is 14.2 Å². The van der Waals surface area contributed by atoms with Crippen LogP contribution < -0.4 is 0 Å². The van der Waals surface area contributed by atoms with E-state index in [0.717, 1.165) is 0 Å². The number of hydrogen-bond donors (Lipinski definition) is 1. The van der Waals surface area contributed by atoms with Gasteiger partial charge in [-0.1, -0.05) is 12.2 Å². The number of rotatable bonds is 5. The molecule has 3 heteroatoms. The van der Waals surface area contributed by atoms with Crippen molar-refractivity contribution in [1.82, 2.24) is 0 Å². The summed E-state index contributed by atoms with van der Waals surface area (Å²) in [6.45, 7) is 3.55. The Kier molecular flexibility index (Phi) is 5.13. The molecule has 12 heavy (non-hydrogen) atoms. The second-order valence-electron chi connectivity index (χ2n) is 2.91. The first-order valence-electron chi connectivity index (χ1n) is 3.99. The average Bonchev–Trinajstić information content (AvgIpc) is 2.03. The Morgan fingerprint density at radius 1 is 1.42 bits per heavy atom. The first-order valence-corrected chi connectivity index (χ1v) is 3.99. The minimum atomic E-state index is -0.578. The van der Waals surface area contributed by atoms with Gasteiger partial charge in [0.15, 0.2) is 5.79 Å². The van der Waals surface area contributed by atoms with E-state index in [1.54, 1.807) is 27.2 Å². The van der Waals surface area contributed by atoms with Crippen molar-refractivity contribution in [3.8, 4) is 0 Å². The topological polar surface area (TPSA) is 38.7 Å². The molecule has 72 valence electrons. The summed E-state index contributed by atoms with van der Waals surface area (Å²) in [7, 11) is 3.19. The van der Waals surface area contributed by atoms with Crippen LogP contribution in [0.4, 0.5) is 0 Å². The van der Waals surface area contributed by atoms with E-state index in [1.807, 2.05) is 13.0 Å². The molecule has 0 rings (SSSR count). The van der Waals surface area contributed by atoms with Gasteiger partial charge >= 0.3 is 0 Å². The van der Waals surface area contributed by atoms with Crippen LogP contribution in [0.1, 0.15) is 20.3 Å². The van der Waals surface area contributed by atoms with E-state index in [0.29, 0.717) is 6.42 Å². The minimum absolute atomic E-state index is 0.414. The normalized spacial score (nSPS) is 15.4. The number of ether oxygens (including phenoxy) is 2. The van der Waals surface area contributed by atoms with Gasteiger partial charge in [-0.25, -0.2) is 0 Å². The van der Waals surface area contributed by atoms with Gasteiger partial charge in [-0.3, -0.25) is 0 Å². The summed E-state index contributed by atoms with van der Waals surface area (Å²) in [6.07, 6.45) is 3.77. The van der Waals surface area contributed by atoms with Crippen LogP contribution in [0.3, 0.4) is 0 Å². The minimum Gasteiger partial charge on any atom is -0.389 e. The first-order chi connectivity index (χ1) is 5.54. The van der Waals surface area contributed by atoms with Crippen molar-refractivity contribution in [2.45, 2.75) is 32.2 Å². The monoisotopic (exact) mass is 174 g/mol. The number of aliphatic hydroxyl groups excluding tert-OH is 1. The third kappa shape index (κ3) is 4.49. The highest BCUT2D eigenvalue weighted by atomic mass is 16.7. The van der Waals surface area contributed by atoms with E-state index in [-0.39, 0.29) is 0 Å². The lowest BCUT2D eigenvalue weighted by molar-refractivity contribution is -0.190. The molecule has 0 aliphatic heterocycles. The summed E-state index contributed by atoms with van der Waals surface area (Å²) in [6, 6.07) is 0. The largest absolute Gasteiger partial charge is 0.389 e. The van der Waals surface area contributed by atoms with Crippen LogP contribution in [0.25, 0.3) is 0 Å². The molecule has 0 saturated heterocycles. The molecule has 0 spiro atoms. The van der Waals surface area contributed by atoms with Gasteiger partial charge in [0.25, 0.3) is 0 Å². The molecule has 0 aromatic rings. The maximum Gasteiger partial charge on any atom is 0.168 e. The van der Waals surface area contributed by atoms with Gasteiger partial charge in [-0.05, 0) is 13.8 Å². The zero-order valence-corrected chi connectivity index (χ0v) is 8.20. The summed E-state index contributed by atoms with van der Waals surface area (Å²) < 4.78 is 10.2. The Bertz CT molecular complexity index is 137. The summed E-state index contributed by atoms with van der Waals surface area (Å²) >= 11 is 0. The molecule has 1 atom stereocenters. The highest BCUT2D eigenvalue weighted by Gasteiger charge is 2.19. The number of aliphatic hydroxyl groups is 1. The van der Waals surface area contributed by atoms with E-state index in [9.17, 15) is 0 Å². The van der Waals surface area contributed by atoms with Crippen molar-refractivity contribution in [3.05, 3.63) is 12.2 Å². The molecule has 0 aliphatic rings. The third-order valence-electron chi connectivity index (χ3n) is 1.77. The molecule has 0 bridgehead atoms. The quantitative estimate of drug-likeness (QED) is 0.504. The van der Waals surface area contributed by atoms with Gasteiger partial charge in [-0.2, -0.15) is 0 Å². The van der Waals surface area contributed by atoms with Crippen LogP contribution in [0, 0.1) is 0 Å². The van der Waals surface area contributed by atoms with Gasteiger partial charge < -0.3 is 14.6 Å². The Balaban J connectivity index is 3.88. The van der Waals surface area contributed by atoms with Crippen LogP contribution in [0.15, 0.2) is 12.2 Å². The van der Waals surface area contributed by atoms with Crippen molar-refractivity contribution in [1.29, 1.82) is 0 Å². The predicted molar refractivity (Wildman–Crippen MR) is 47.9 cm³/mol. The Morgan fingerprint density at radius 3 is 2.25 bits per heavy atom. The molecule has 0 radical (unpaired) electrons. The molecule has 0 aromatic heterocycles. The first kappa shape index (κ1) is 11.6. The lowest BCUT2D eigenvalue weighted by atomic mass is 10.2. The van der Waals surface area contributed by atoms with E-state index in [1.165, 1.54) is 0 Å². The fourth-order valence-electron chi connectivity index (χ4n) is 0.729. The Morgan fingerprint density at radius 2 is 1.92 bits per heavy atom. The zero-order valence-electron chi connectivity index (χ0n) is 8.20. The SMILES string of the molecule is COC(C)(CC=CC(C)O)OC. The fraction of sp³-hybridized carbons (Fsp3) is 0.778. The van der Waals surface area contributed by atoms with Gasteiger partial charge in [0, 0.05) is 20.6 Å². The van der Waals surface area contributed by atoms with E-state index >= 15 is 0 Å². The van der Waals surface area contributed by atoms with Gasteiger partial charge in [0.1, 0.15) is 0 Å². The highest BCUT2D eigenvalue weighted by Crippen LogP contribution is 2.15. The predicted octanol–water partition coefficient (Wildman–Crippen LogP) is 1.32. The second kappa shape index (κ2) is 5.30. The lowest BCUT2D eigenvalue weighted by Gasteiger charge is -2.24. The van der Waals surface area contributed by atoms with Crippen LogP contribution >= 0.6 is 0 Å². The molecule has 1 unspecified atom stereocenters. The third-order valence-corrected chi connectivity index (χ3v) is 1.77. The molecular formula is C9H18O3. The summed E-state index contributed by atoms with van der Waals surface area (Å²) in [4.78, 5) is 0. The van der Waals surface area contributed by atoms with Gasteiger partial charge in [-0.15, -0.1) is 0 Å². The molecule has 3 nitrogen and oxygen atoms in total. The smallest absolute Gasteiger partial charge is 0.168 e. The molecule has 0 fully saturated rings. The molecular weight excluding hydrogens is 156 g/mol. The number of hydrogen-bond acceptors (Lipinski definition) is 3. The molecule has 1 N–H and O–H groups in total. The van der Waals surface area contributed by atoms with Crippen molar-refractivity contribution >= 4 is 0 Å². The van der Waals surface area contributed by atoms with E-state index < -0.39 is 11.9 Å². The molecule has 0 saturated carbocycles. The molecule has 0 amide bonds. The molecule has 0 aliphatic carbocycles. The highest BCUT2D eigenvalue weighted by molar-refractivity contribution is 4.89. The van der Waals surface area contributed by atoms with Crippen LogP contribution in [-0.2, 0) is 9.47 Å². The molecule has 0 aromatic carbocycles. The summed E-state index contributed by atoms with van der Waals surface area (Å²) in [5.41, 5.74) is 0. The van der Waals surface area contributed by atoms with Crippen LogP contribution in [0.2, 0.25) is 0 Å². The lowest BCUT2D eigenvalue weighted by Crippen LogP contribution is -2.28. The average molecular weight is 174 g/mol. The number of methoxy groups -OCH3 is 2. The maximum atomic E-state index is 8.93. The Labute approximate surface area is 74.0 Å². The fourth-order valence-corrected chi connectivity index (χ4v) is 0.729.